The number of rotatable bonds is 6. The van der Waals surface area contributed by atoms with E-state index in [0.717, 1.165) is 4.70 Å². The minimum atomic E-state index is -0.994. The molecule has 1 amide bonds. The fourth-order valence-corrected chi connectivity index (χ4v) is 5.22. The smallest absolute Gasteiger partial charge is 0.301 e. The topological polar surface area (TPSA) is 109 Å². The number of ether oxygens (including phenoxy) is 2. The molecule has 5 rings (SSSR count). The number of fused-ring (bicyclic) bond motifs is 1. The first-order valence-corrected chi connectivity index (χ1v) is 12.0. The molecule has 182 valence electrons. The number of phenols is 1. The molecule has 0 saturated carbocycles. The lowest BCUT2D eigenvalue weighted by Crippen LogP contribution is -2.29. The first kappa shape index (κ1) is 23.4. The lowest BCUT2D eigenvalue weighted by molar-refractivity contribution is -0.132. The molecule has 1 aliphatic rings. The molecule has 1 saturated heterocycles. The van der Waals surface area contributed by atoms with E-state index in [1.165, 1.54) is 35.5 Å². The van der Waals surface area contributed by atoms with Gasteiger partial charge in [-0.2, -0.15) is 0 Å². The fraction of sp³-hybridized carbons (Fsp3) is 0.148. The van der Waals surface area contributed by atoms with Crippen molar-refractivity contribution in [2.75, 3.05) is 18.6 Å². The SMILES string of the molecule is CCOc1ccc2nc(N3C(=O)C(=O)C(=C(O)c4ccc(OC)cc4)C3c3cccc(O)c3)sc2c1. The van der Waals surface area contributed by atoms with Gasteiger partial charge in [0.25, 0.3) is 5.78 Å². The molecule has 1 unspecified atom stereocenters. The van der Waals surface area contributed by atoms with Crippen molar-refractivity contribution in [1.29, 1.82) is 0 Å². The number of methoxy groups -OCH3 is 1. The molecule has 1 aliphatic heterocycles. The standard InChI is InChI=1S/C27H22N2O6S/c1-3-35-19-11-12-20-21(14-19)36-27(28-20)29-23(16-5-4-6-17(30)13-16)22(25(32)26(29)33)24(31)15-7-9-18(34-2)10-8-15/h4-14,23,30-31H,3H2,1-2H3. The number of nitrogens with zero attached hydrogens (tertiary/aromatic N) is 2. The van der Waals surface area contributed by atoms with E-state index in [0.29, 0.717) is 39.9 Å². The summed E-state index contributed by atoms with van der Waals surface area (Å²) < 4.78 is 11.5. The highest BCUT2D eigenvalue weighted by molar-refractivity contribution is 7.22. The number of anilines is 1. The Labute approximate surface area is 210 Å². The number of hydrogen-bond acceptors (Lipinski definition) is 8. The summed E-state index contributed by atoms with van der Waals surface area (Å²) in [4.78, 5) is 32.5. The minimum absolute atomic E-state index is 0.0341. The van der Waals surface area contributed by atoms with Crippen LogP contribution >= 0.6 is 11.3 Å². The van der Waals surface area contributed by atoms with E-state index in [2.05, 4.69) is 4.98 Å². The highest BCUT2D eigenvalue weighted by Gasteiger charge is 2.48. The summed E-state index contributed by atoms with van der Waals surface area (Å²) in [5.41, 5.74) is 1.36. The average Bonchev–Trinajstić information content (AvgIpc) is 3.41. The highest BCUT2D eigenvalue weighted by Crippen LogP contribution is 2.45. The summed E-state index contributed by atoms with van der Waals surface area (Å²) in [5.74, 6) is -0.767. The molecule has 4 aromatic rings. The zero-order valence-corrected chi connectivity index (χ0v) is 20.3. The summed E-state index contributed by atoms with van der Waals surface area (Å²) in [6.45, 7) is 2.40. The van der Waals surface area contributed by atoms with Gasteiger partial charge in [0.1, 0.15) is 23.0 Å². The normalized spacial score (nSPS) is 17.1. The van der Waals surface area contributed by atoms with Crippen molar-refractivity contribution in [2.24, 2.45) is 0 Å². The van der Waals surface area contributed by atoms with Crippen LogP contribution in [0.4, 0.5) is 5.13 Å². The Hall–Kier alpha value is -4.37. The maximum atomic E-state index is 13.4. The predicted molar refractivity (Wildman–Crippen MR) is 137 cm³/mol. The number of ketones is 1. The van der Waals surface area contributed by atoms with Crippen molar-refractivity contribution in [2.45, 2.75) is 13.0 Å². The maximum absolute atomic E-state index is 13.4. The van der Waals surface area contributed by atoms with Crippen LogP contribution in [0.5, 0.6) is 17.2 Å². The van der Waals surface area contributed by atoms with Crippen LogP contribution in [0.3, 0.4) is 0 Å². The number of benzene rings is 3. The van der Waals surface area contributed by atoms with Crippen LogP contribution in [0.1, 0.15) is 24.1 Å². The number of phenolic OH excluding ortho intramolecular Hbond substituents is 1. The summed E-state index contributed by atoms with van der Waals surface area (Å²) >= 11 is 1.24. The van der Waals surface area contributed by atoms with Crippen molar-refractivity contribution < 1.29 is 29.3 Å². The van der Waals surface area contributed by atoms with Crippen LogP contribution in [0.15, 0.2) is 72.3 Å². The Morgan fingerprint density at radius 3 is 2.50 bits per heavy atom. The maximum Gasteiger partial charge on any atom is 0.301 e. The van der Waals surface area contributed by atoms with Crippen molar-refractivity contribution in [3.63, 3.8) is 0 Å². The molecule has 3 aromatic carbocycles. The third kappa shape index (κ3) is 4.03. The molecule has 0 bridgehead atoms. The number of hydrogen-bond donors (Lipinski definition) is 2. The Morgan fingerprint density at radius 2 is 1.81 bits per heavy atom. The second-order valence-electron chi connectivity index (χ2n) is 8.05. The van der Waals surface area contributed by atoms with E-state index < -0.39 is 17.7 Å². The number of aliphatic hydroxyl groups excluding tert-OH is 1. The van der Waals surface area contributed by atoms with E-state index >= 15 is 0 Å². The van der Waals surface area contributed by atoms with Gasteiger partial charge in [-0.1, -0.05) is 23.5 Å². The van der Waals surface area contributed by atoms with Crippen LogP contribution < -0.4 is 14.4 Å². The van der Waals surface area contributed by atoms with Crippen molar-refractivity contribution in [3.8, 4) is 17.2 Å². The number of aromatic nitrogens is 1. The van der Waals surface area contributed by atoms with E-state index in [9.17, 15) is 19.8 Å². The molecule has 0 spiro atoms. The Balaban J connectivity index is 1.68. The summed E-state index contributed by atoms with van der Waals surface area (Å²) in [6, 6.07) is 17.2. The largest absolute Gasteiger partial charge is 0.508 e. The van der Waals surface area contributed by atoms with Gasteiger partial charge in [-0.3, -0.25) is 14.5 Å². The zero-order valence-electron chi connectivity index (χ0n) is 19.5. The lowest BCUT2D eigenvalue weighted by Gasteiger charge is -2.23. The van der Waals surface area contributed by atoms with Gasteiger partial charge in [0, 0.05) is 5.56 Å². The first-order chi connectivity index (χ1) is 17.4. The number of aliphatic hydroxyl groups is 1. The number of thiazole rings is 1. The Bertz CT molecular complexity index is 1510. The first-order valence-electron chi connectivity index (χ1n) is 11.2. The summed E-state index contributed by atoms with van der Waals surface area (Å²) in [7, 11) is 1.53. The Morgan fingerprint density at radius 1 is 1.06 bits per heavy atom. The van der Waals surface area contributed by atoms with E-state index in [1.807, 2.05) is 13.0 Å². The molecular weight excluding hydrogens is 480 g/mol. The van der Waals surface area contributed by atoms with Gasteiger partial charge < -0.3 is 19.7 Å². The third-order valence-electron chi connectivity index (χ3n) is 5.86. The molecule has 0 aliphatic carbocycles. The van der Waals surface area contributed by atoms with Crippen LogP contribution in [0, 0.1) is 0 Å². The number of carbonyl (C=O) groups excluding carboxylic acids is 2. The molecule has 8 nitrogen and oxygen atoms in total. The van der Waals surface area contributed by atoms with Gasteiger partial charge in [-0.15, -0.1) is 0 Å². The third-order valence-corrected chi connectivity index (χ3v) is 6.88. The van der Waals surface area contributed by atoms with Crippen LogP contribution in [-0.4, -0.2) is 40.6 Å². The molecule has 1 atom stereocenters. The van der Waals surface area contributed by atoms with Gasteiger partial charge in [0.2, 0.25) is 0 Å². The van der Waals surface area contributed by atoms with Crippen molar-refractivity contribution in [1.82, 2.24) is 4.98 Å². The summed E-state index contributed by atoms with van der Waals surface area (Å²) in [6.07, 6.45) is 0. The lowest BCUT2D eigenvalue weighted by atomic mass is 9.95. The highest BCUT2D eigenvalue weighted by atomic mass is 32.1. The van der Waals surface area contributed by atoms with Crippen molar-refractivity contribution in [3.05, 3.63) is 83.4 Å². The second-order valence-corrected chi connectivity index (χ2v) is 9.06. The number of aromatic hydroxyl groups is 1. The van der Waals surface area contributed by atoms with Crippen LogP contribution in [0.2, 0.25) is 0 Å². The molecule has 2 heterocycles. The van der Waals surface area contributed by atoms with Gasteiger partial charge in [0.05, 0.1) is 35.5 Å². The number of amides is 1. The molecule has 36 heavy (non-hydrogen) atoms. The molecule has 2 N–H and O–H groups in total. The predicted octanol–water partition coefficient (Wildman–Crippen LogP) is 5.04. The minimum Gasteiger partial charge on any atom is -0.508 e. The van der Waals surface area contributed by atoms with Crippen LogP contribution in [-0.2, 0) is 9.59 Å². The van der Waals surface area contributed by atoms with Gasteiger partial charge >= 0.3 is 5.91 Å². The quantitative estimate of drug-likeness (QED) is 0.216. The summed E-state index contributed by atoms with van der Waals surface area (Å²) in [5, 5.41) is 21.7. The van der Waals surface area contributed by atoms with E-state index in [1.54, 1.807) is 48.5 Å². The number of carbonyl (C=O) groups is 2. The Kier molecular flexibility index (Phi) is 6.07. The van der Waals surface area contributed by atoms with E-state index in [4.69, 9.17) is 9.47 Å². The van der Waals surface area contributed by atoms with Crippen molar-refractivity contribution >= 4 is 44.1 Å². The number of Topliss-reactive ketones (excluding diaryl/α,β-unsaturated/α-hetero) is 1. The molecule has 1 aromatic heterocycles. The van der Waals surface area contributed by atoms with Gasteiger partial charge in [-0.05, 0) is 67.1 Å². The van der Waals surface area contributed by atoms with Gasteiger partial charge in [0.15, 0.2) is 5.13 Å². The second kappa shape index (κ2) is 9.35. The monoisotopic (exact) mass is 502 g/mol. The fourth-order valence-electron chi connectivity index (χ4n) is 4.20. The van der Waals surface area contributed by atoms with Gasteiger partial charge in [-0.25, -0.2) is 4.98 Å². The molecule has 1 fully saturated rings. The molecule has 9 heteroatoms. The zero-order chi connectivity index (χ0) is 25.4. The van der Waals surface area contributed by atoms with Crippen LogP contribution in [0.25, 0.3) is 16.0 Å². The molecular formula is C27H22N2O6S. The molecule has 0 radical (unpaired) electrons. The van der Waals surface area contributed by atoms with E-state index in [-0.39, 0.29) is 17.1 Å². The average molecular weight is 503 g/mol.